The lowest BCUT2D eigenvalue weighted by atomic mass is 10.3. The van der Waals surface area contributed by atoms with Crippen molar-refractivity contribution in [3.8, 4) is 0 Å². The number of nitrogens with zero attached hydrogens (tertiary/aromatic N) is 2. The molecule has 128 valence electrons. The smallest absolute Gasteiger partial charge is 0.359 e. The van der Waals surface area contributed by atoms with Crippen LogP contribution >= 0.6 is 35.0 Å². The lowest BCUT2D eigenvalue weighted by molar-refractivity contribution is -0.126. The van der Waals surface area contributed by atoms with Crippen LogP contribution in [-0.2, 0) is 14.3 Å². The highest BCUT2D eigenvalue weighted by atomic mass is 35.5. The fourth-order valence-electron chi connectivity index (χ4n) is 1.72. The van der Waals surface area contributed by atoms with Gasteiger partial charge in [-0.2, -0.15) is 0 Å². The average Bonchev–Trinajstić information content (AvgIpc) is 2.86. The number of carbonyl (C=O) groups excluding carboxylic acids is 4. The molecular weight excluding hydrogens is 381 g/mol. The van der Waals surface area contributed by atoms with Crippen molar-refractivity contribution in [2.24, 2.45) is 0 Å². The van der Waals surface area contributed by atoms with E-state index in [-0.39, 0.29) is 45.9 Å². The fraction of sp³-hybridized carbons (Fsp3) is 0.308. The van der Waals surface area contributed by atoms with Crippen LogP contribution in [0.3, 0.4) is 0 Å². The summed E-state index contributed by atoms with van der Waals surface area (Å²) in [6, 6.07) is 2.79. The Morgan fingerprint density at radius 1 is 1.33 bits per heavy atom. The molecule has 2 rings (SSSR count). The van der Waals surface area contributed by atoms with Gasteiger partial charge in [-0.15, -0.1) is 0 Å². The van der Waals surface area contributed by atoms with E-state index in [2.05, 4.69) is 10.3 Å². The fourth-order valence-corrected chi connectivity index (χ4v) is 2.80. The number of amides is 3. The summed E-state index contributed by atoms with van der Waals surface area (Å²) in [5.74, 6) is -1.67. The Morgan fingerprint density at radius 3 is 2.75 bits per heavy atom. The summed E-state index contributed by atoms with van der Waals surface area (Å²) in [6.07, 6.45) is 0. The van der Waals surface area contributed by atoms with Crippen LogP contribution in [0.1, 0.15) is 10.5 Å². The summed E-state index contributed by atoms with van der Waals surface area (Å²) >= 11 is 12.4. The summed E-state index contributed by atoms with van der Waals surface area (Å²) in [5.41, 5.74) is -0.192. The highest BCUT2D eigenvalue weighted by molar-refractivity contribution is 8.14. The number of hydrogen-bond donors (Lipinski definition) is 1. The number of hydrogen-bond acceptors (Lipinski definition) is 7. The Bertz CT molecular complexity index is 684. The van der Waals surface area contributed by atoms with Crippen LogP contribution in [0.4, 0.5) is 4.79 Å². The van der Waals surface area contributed by atoms with Gasteiger partial charge in [-0.3, -0.25) is 19.3 Å². The number of ether oxygens (including phenoxy) is 1. The van der Waals surface area contributed by atoms with Crippen LogP contribution in [0.5, 0.6) is 0 Å². The Kier molecular flexibility index (Phi) is 6.41. The van der Waals surface area contributed by atoms with Crippen LogP contribution < -0.4 is 5.32 Å². The molecular formula is C13H11Cl2N3O5S. The Balaban J connectivity index is 1.75. The number of carbonyl (C=O) groups is 4. The van der Waals surface area contributed by atoms with Gasteiger partial charge < -0.3 is 10.1 Å². The molecule has 0 saturated carbocycles. The van der Waals surface area contributed by atoms with Gasteiger partial charge in [0.15, 0.2) is 12.3 Å². The van der Waals surface area contributed by atoms with Gasteiger partial charge in [0.05, 0.1) is 10.8 Å². The van der Waals surface area contributed by atoms with Crippen molar-refractivity contribution in [3.05, 3.63) is 28.0 Å². The summed E-state index contributed by atoms with van der Waals surface area (Å²) < 4.78 is 4.78. The minimum Gasteiger partial charge on any atom is -0.451 e. The maximum atomic E-state index is 11.8. The molecule has 1 fully saturated rings. The number of thioether (sulfide) groups is 1. The molecule has 0 radical (unpaired) electrons. The van der Waals surface area contributed by atoms with E-state index in [1.54, 1.807) is 0 Å². The monoisotopic (exact) mass is 391 g/mol. The molecule has 0 unspecified atom stereocenters. The zero-order valence-corrected chi connectivity index (χ0v) is 14.4. The molecule has 1 aromatic rings. The van der Waals surface area contributed by atoms with Crippen molar-refractivity contribution < 1.29 is 23.9 Å². The SMILES string of the molecule is O=C(COC(=O)c1nc(Cl)ccc1Cl)NCCN1C(=O)CSC1=O. The highest BCUT2D eigenvalue weighted by Crippen LogP contribution is 2.18. The van der Waals surface area contributed by atoms with Crippen LogP contribution in [0.25, 0.3) is 0 Å². The number of pyridine rings is 1. The number of nitrogens with one attached hydrogen (secondary N) is 1. The predicted octanol–water partition coefficient (Wildman–Crippen LogP) is 1.36. The molecule has 0 aromatic carbocycles. The van der Waals surface area contributed by atoms with Crippen molar-refractivity contribution in [1.82, 2.24) is 15.2 Å². The first-order valence-electron chi connectivity index (χ1n) is 6.61. The summed E-state index contributed by atoms with van der Waals surface area (Å²) in [6.45, 7) is -0.434. The molecule has 3 amide bonds. The molecule has 11 heteroatoms. The second-order valence-electron chi connectivity index (χ2n) is 4.49. The van der Waals surface area contributed by atoms with E-state index in [0.717, 1.165) is 16.7 Å². The maximum Gasteiger partial charge on any atom is 0.359 e. The zero-order valence-electron chi connectivity index (χ0n) is 12.1. The minimum atomic E-state index is -0.890. The van der Waals surface area contributed by atoms with E-state index >= 15 is 0 Å². The third-order valence-corrected chi connectivity index (χ3v) is 4.21. The minimum absolute atomic E-state index is 0.0494. The molecule has 1 aliphatic heterocycles. The molecule has 24 heavy (non-hydrogen) atoms. The van der Waals surface area contributed by atoms with E-state index < -0.39 is 18.5 Å². The number of aromatic nitrogens is 1. The largest absolute Gasteiger partial charge is 0.451 e. The quantitative estimate of drug-likeness (QED) is 0.576. The molecule has 1 aliphatic rings. The molecule has 0 spiro atoms. The summed E-state index contributed by atoms with van der Waals surface area (Å²) in [7, 11) is 0. The maximum absolute atomic E-state index is 11.8. The number of imide groups is 1. The first-order chi connectivity index (χ1) is 11.4. The van der Waals surface area contributed by atoms with E-state index in [0.29, 0.717) is 0 Å². The highest BCUT2D eigenvalue weighted by Gasteiger charge is 2.29. The first kappa shape index (κ1) is 18.5. The van der Waals surface area contributed by atoms with E-state index in [1.807, 2.05) is 0 Å². The Labute approximate surface area is 150 Å². The number of halogens is 2. The van der Waals surface area contributed by atoms with Gasteiger partial charge in [0.25, 0.3) is 11.1 Å². The lowest BCUT2D eigenvalue weighted by Gasteiger charge is -2.13. The van der Waals surface area contributed by atoms with E-state index in [9.17, 15) is 19.2 Å². The second kappa shape index (κ2) is 8.32. The zero-order chi connectivity index (χ0) is 17.7. The van der Waals surface area contributed by atoms with Crippen molar-refractivity contribution in [2.75, 3.05) is 25.4 Å². The van der Waals surface area contributed by atoms with Crippen LogP contribution in [0.2, 0.25) is 10.2 Å². The first-order valence-corrected chi connectivity index (χ1v) is 8.35. The molecule has 0 bridgehead atoms. The molecule has 2 heterocycles. The molecule has 0 atom stereocenters. The van der Waals surface area contributed by atoms with E-state index in [1.165, 1.54) is 12.1 Å². The Morgan fingerprint density at radius 2 is 2.08 bits per heavy atom. The van der Waals surface area contributed by atoms with Crippen molar-refractivity contribution >= 4 is 58.0 Å². The van der Waals surface area contributed by atoms with Crippen LogP contribution in [0, 0.1) is 0 Å². The normalized spacial score (nSPS) is 14.0. The van der Waals surface area contributed by atoms with Gasteiger partial charge in [0.1, 0.15) is 5.15 Å². The molecule has 1 aromatic heterocycles. The third-order valence-electron chi connectivity index (χ3n) is 2.84. The third kappa shape index (κ3) is 4.83. The summed E-state index contributed by atoms with van der Waals surface area (Å²) in [5, 5.41) is 2.20. The van der Waals surface area contributed by atoms with Crippen molar-refractivity contribution in [2.45, 2.75) is 0 Å². The van der Waals surface area contributed by atoms with Gasteiger partial charge in [-0.05, 0) is 12.1 Å². The standard InChI is InChI=1S/C13H11Cl2N3O5S/c14-7-1-2-8(15)17-11(7)12(21)23-5-9(19)16-3-4-18-10(20)6-24-13(18)22/h1-2H,3-6H2,(H,16,19). The second-order valence-corrected chi connectivity index (χ2v) is 6.21. The Hall–Kier alpha value is -1.84. The van der Waals surface area contributed by atoms with Crippen molar-refractivity contribution in [1.29, 1.82) is 0 Å². The topological polar surface area (TPSA) is 106 Å². The van der Waals surface area contributed by atoms with E-state index in [4.69, 9.17) is 27.9 Å². The predicted molar refractivity (Wildman–Crippen MR) is 87.1 cm³/mol. The van der Waals surface area contributed by atoms with Crippen LogP contribution in [0.15, 0.2) is 12.1 Å². The van der Waals surface area contributed by atoms with Gasteiger partial charge in [-0.1, -0.05) is 35.0 Å². The molecule has 0 aliphatic carbocycles. The van der Waals surface area contributed by atoms with Gasteiger partial charge in [0.2, 0.25) is 5.91 Å². The lowest BCUT2D eigenvalue weighted by Crippen LogP contribution is -2.38. The number of rotatable bonds is 6. The van der Waals surface area contributed by atoms with Gasteiger partial charge >= 0.3 is 5.97 Å². The molecule has 1 saturated heterocycles. The van der Waals surface area contributed by atoms with Gasteiger partial charge in [-0.25, -0.2) is 9.78 Å². The summed E-state index contributed by atoms with van der Waals surface area (Å²) in [4.78, 5) is 50.9. The van der Waals surface area contributed by atoms with Crippen LogP contribution in [-0.4, -0.2) is 58.4 Å². The number of esters is 1. The average molecular weight is 392 g/mol. The van der Waals surface area contributed by atoms with Crippen molar-refractivity contribution in [3.63, 3.8) is 0 Å². The molecule has 1 N–H and O–H groups in total. The molecule has 8 nitrogen and oxygen atoms in total. The van der Waals surface area contributed by atoms with Gasteiger partial charge in [0, 0.05) is 13.1 Å².